The van der Waals surface area contributed by atoms with Gasteiger partial charge in [0.05, 0.1) is 5.69 Å². The van der Waals surface area contributed by atoms with E-state index in [1.807, 2.05) is 25.1 Å². The Morgan fingerprint density at radius 1 is 1.09 bits per heavy atom. The maximum Gasteiger partial charge on any atom is 0.264 e. The van der Waals surface area contributed by atoms with Gasteiger partial charge in [-0.2, -0.15) is 0 Å². The second-order valence-electron chi connectivity index (χ2n) is 5.46. The Bertz CT molecular complexity index is 746. The highest BCUT2D eigenvalue weighted by atomic mass is 32.2. The Labute approximate surface area is 137 Å². The molecule has 0 bridgehead atoms. The van der Waals surface area contributed by atoms with Crippen LogP contribution in [0.2, 0.25) is 0 Å². The van der Waals surface area contributed by atoms with Gasteiger partial charge in [0.2, 0.25) is 0 Å². The van der Waals surface area contributed by atoms with Crippen molar-refractivity contribution in [3.63, 3.8) is 0 Å². The van der Waals surface area contributed by atoms with E-state index < -0.39 is 10.0 Å². The molecule has 2 rings (SSSR count). The summed E-state index contributed by atoms with van der Waals surface area (Å²) in [6, 6.07) is 13.6. The molecule has 2 aromatic rings. The highest BCUT2D eigenvalue weighted by Crippen LogP contribution is 2.26. The van der Waals surface area contributed by atoms with E-state index in [9.17, 15) is 8.42 Å². The molecule has 0 radical (unpaired) electrons. The Kier molecular flexibility index (Phi) is 5.46. The largest absolute Gasteiger partial charge is 0.399 e. The fourth-order valence-electron chi connectivity index (χ4n) is 2.04. The molecule has 6 nitrogen and oxygen atoms in total. The topological polar surface area (TPSA) is 87.5 Å². The van der Waals surface area contributed by atoms with Crippen LogP contribution in [-0.4, -0.2) is 40.5 Å². The molecule has 124 valence electrons. The molecule has 0 saturated carbocycles. The van der Waals surface area contributed by atoms with Crippen molar-refractivity contribution in [3.05, 3.63) is 48.5 Å². The van der Waals surface area contributed by atoms with Crippen LogP contribution in [0.4, 0.5) is 17.1 Å². The van der Waals surface area contributed by atoms with Crippen molar-refractivity contribution in [2.24, 2.45) is 0 Å². The molecule has 0 spiro atoms. The van der Waals surface area contributed by atoms with Gasteiger partial charge >= 0.3 is 0 Å². The van der Waals surface area contributed by atoms with E-state index in [4.69, 9.17) is 5.73 Å². The zero-order valence-electron chi connectivity index (χ0n) is 13.3. The molecule has 0 fully saturated rings. The number of sulfonamides is 1. The lowest BCUT2D eigenvalue weighted by Crippen LogP contribution is -2.22. The molecular formula is C16H22N4O2S. The molecule has 0 unspecified atom stereocenters. The van der Waals surface area contributed by atoms with Crippen molar-refractivity contribution in [3.8, 4) is 0 Å². The highest BCUT2D eigenvalue weighted by Gasteiger charge is 2.19. The number of benzene rings is 2. The second-order valence-corrected chi connectivity index (χ2v) is 7.11. The highest BCUT2D eigenvalue weighted by molar-refractivity contribution is 7.92. The average molecular weight is 334 g/mol. The van der Waals surface area contributed by atoms with Crippen LogP contribution in [0.3, 0.4) is 0 Å². The zero-order valence-corrected chi connectivity index (χ0v) is 14.1. The lowest BCUT2D eigenvalue weighted by Gasteiger charge is -2.16. The predicted molar refractivity (Wildman–Crippen MR) is 95.1 cm³/mol. The molecule has 23 heavy (non-hydrogen) atoms. The summed E-state index contributed by atoms with van der Waals surface area (Å²) in [5.74, 6) is 0. The zero-order chi connectivity index (χ0) is 16.9. The second kappa shape index (κ2) is 7.34. The summed E-state index contributed by atoms with van der Waals surface area (Å²) >= 11 is 0. The number of nitrogens with zero attached hydrogens (tertiary/aromatic N) is 1. The first-order valence-electron chi connectivity index (χ1n) is 7.24. The van der Waals surface area contributed by atoms with Crippen LogP contribution < -0.4 is 15.8 Å². The predicted octanol–water partition coefficient (Wildman–Crippen LogP) is 2.04. The standard InChI is InChI=1S/C16H22N4O2S/c1-20(2)11-10-18-15-9-8-13(17)12-16(15)23(21,22)19-14-6-4-3-5-7-14/h3-9,12,18-19H,10-11,17H2,1-2H3. The molecule has 2 aromatic carbocycles. The first-order chi connectivity index (χ1) is 10.9. The third kappa shape index (κ3) is 4.87. The third-order valence-corrected chi connectivity index (χ3v) is 4.62. The molecule has 0 aliphatic heterocycles. The number of hydrogen-bond donors (Lipinski definition) is 3. The van der Waals surface area contributed by atoms with Crippen molar-refractivity contribution >= 4 is 27.1 Å². The number of nitrogens with one attached hydrogen (secondary N) is 2. The lowest BCUT2D eigenvalue weighted by atomic mass is 10.3. The SMILES string of the molecule is CN(C)CCNc1ccc(N)cc1S(=O)(=O)Nc1ccccc1. The number of nitrogen functional groups attached to an aromatic ring is 1. The normalized spacial score (nSPS) is 11.4. The summed E-state index contributed by atoms with van der Waals surface area (Å²) in [4.78, 5) is 2.15. The summed E-state index contributed by atoms with van der Waals surface area (Å²) in [5.41, 5.74) is 7.21. The lowest BCUT2D eigenvalue weighted by molar-refractivity contribution is 0.425. The van der Waals surface area contributed by atoms with E-state index >= 15 is 0 Å². The molecule has 0 heterocycles. The van der Waals surface area contributed by atoms with E-state index in [1.165, 1.54) is 6.07 Å². The van der Waals surface area contributed by atoms with Crippen molar-refractivity contribution in [2.45, 2.75) is 4.90 Å². The van der Waals surface area contributed by atoms with Crippen LogP contribution in [0, 0.1) is 0 Å². The molecule has 0 saturated heterocycles. The maximum absolute atomic E-state index is 12.7. The fraction of sp³-hybridized carbons (Fsp3) is 0.250. The van der Waals surface area contributed by atoms with Gasteiger partial charge in [-0.3, -0.25) is 4.72 Å². The van der Waals surface area contributed by atoms with Gasteiger partial charge in [-0.25, -0.2) is 8.42 Å². The van der Waals surface area contributed by atoms with Gasteiger partial charge < -0.3 is 16.0 Å². The molecular weight excluding hydrogens is 312 g/mol. The number of hydrogen-bond acceptors (Lipinski definition) is 5. The molecule has 0 amide bonds. The maximum atomic E-state index is 12.7. The minimum absolute atomic E-state index is 0.139. The van der Waals surface area contributed by atoms with Gasteiger partial charge in [-0.1, -0.05) is 18.2 Å². The number of para-hydroxylation sites is 1. The fourth-order valence-corrected chi connectivity index (χ4v) is 3.32. The molecule has 0 atom stereocenters. The summed E-state index contributed by atoms with van der Waals surface area (Å²) in [7, 11) is 0.192. The van der Waals surface area contributed by atoms with Crippen molar-refractivity contribution in [1.82, 2.24) is 4.90 Å². The van der Waals surface area contributed by atoms with Gasteiger partial charge in [0.1, 0.15) is 4.90 Å². The minimum Gasteiger partial charge on any atom is -0.399 e. The van der Waals surface area contributed by atoms with E-state index in [2.05, 4.69) is 10.0 Å². The quantitative estimate of drug-likeness (QED) is 0.675. The molecule has 0 aliphatic carbocycles. The van der Waals surface area contributed by atoms with Crippen LogP contribution >= 0.6 is 0 Å². The van der Waals surface area contributed by atoms with Gasteiger partial charge in [0, 0.05) is 24.5 Å². The minimum atomic E-state index is -3.72. The van der Waals surface area contributed by atoms with E-state index in [-0.39, 0.29) is 4.90 Å². The van der Waals surface area contributed by atoms with Crippen LogP contribution in [-0.2, 0) is 10.0 Å². The molecule has 4 N–H and O–H groups in total. The number of rotatable bonds is 7. The molecule has 0 aromatic heterocycles. The third-order valence-electron chi connectivity index (χ3n) is 3.20. The summed E-state index contributed by atoms with van der Waals surface area (Å²) in [6.45, 7) is 1.42. The van der Waals surface area contributed by atoms with E-state index in [1.54, 1.807) is 36.4 Å². The first kappa shape index (κ1) is 17.1. The number of anilines is 3. The van der Waals surface area contributed by atoms with Crippen LogP contribution in [0.1, 0.15) is 0 Å². The Balaban J connectivity index is 2.27. The van der Waals surface area contributed by atoms with Crippen molar-refractivity contribution in [2.75, 3.05) is 43.0 Å². The van der Waals surface area contributed by atoms with E-state index in [0.29, 0.717) is 23.6 Å². The summed E-state index contributed by atoms with van der Waals surface area (Å²) < 4.78 is 27.9. The van der Waals surface area contributed by atoms with Crippen LogP contribution in [0.15, 0.2) is 53.4 Å². The van der Waals surface area contributed by atoms with Crippen LogP contribution in [0.5, 0.6) is 0 Å². The van der Waals surface area contributed by atoms with E-state index in [0.717, 1.165) is 6.54 Å². The number of nitrogens with two attached hydrogens (primary N) is 1. The Morgan fingerprint density at radius 2 is 1.78 bits per heavy atom. The van der Waals surface area contributed by atoms with Crippen molar-refractivity contribution in [1.29, 1.82) is 0 Å². The van der Waals surface area contributed by atoms with Crippen LogP contribution in [0.25, 0.3) is 0 Å². The monoisotopic (exact) mass is 334 g/mol. The Morgan fingerprint density at radius 3 is 2.43 bits per heavy atom. The Hall–Kier alpha value is -2.25. The van der Waals surface area contributed by atoms with Gasteiger partial charge in [-0.15, -0.1) is 0 Å². The van der Waals surface area contributed by atoms with Gasteiger partial charge in [-0.05, 0) is 44.4 Å². The summed E-state index contributed by atoms with van der Waals surface area (Å²) in [5, 5.41) is 3.15. The number of likely N-dealkylation sites (N-methyl/N-ethyl adjacent to an activating group) is 1. The molecule has 7 heteroatoms. The molecule has 0 aliphatic rings. The average Bonchev–Trinajstić information content (AvgIpc) is 2.49. The van der Waals surface area contributed by atoms with Gasteiger partial charge in [0.15, 0.2) is 0 Å². The first-order valence-corrected chi connectivity index (χ1v) is 8.73. The smallest absolute Gasteiger partial charge is 0.264 e. The summed E-state index contributed by atoms with van der Waals surface area (Å²) in [6.07, 6.45) is 0. The van der Waals surface area contributed by atoms with Gasteiger partial charge in [0.25, 0.3) is 10.0 Å². The van der Waals surface area contributed by atoms with Crippen molar-refractivity contribution < 1.29 is 8.42 Å².